The van der Waals surface area contributed by atoms with Crippen LogP contribution in [0.2, 0.25) is 5.02 Å². The molecular formula is C14H7ClF2N3. The minimum absolute atomic E-state index is 0.148. The van der Waals surface area contributed by atoms with Crippen LogP contribution in [0, 0.1) is 18.0 Å². The van der Waals surface area contributed by atoms with Gasteiger partial charge < -0.3 is 0 Å². The molecule has 3 nitrogen and oxygen atoms in total. The lowest BCUT2D eigenvalue weighted by Crippen LogP contribution is -2.00. The summed E-state index contributed by atoms with van der Waals surface area (Å²) in [5.41, 5.74) is 0.803. The van der Waals surface area contributed by atoms with E-state index in [1.165, 1.54) is 16.8 Å². The maximum atomic E-state index is 13.8. The quantitative estimate of drug-likeness (QED) is 0.721. The van der Waals surface area contributed by atoms with Gasteiger partial charge in [0.25, 0.3) is 0 Å². The second kappa shape index (κ2) is 5.02. The van der Waals surface area contributed by atoms with E-state index in [0.29, 0.717) is 10.7 Å². The van der Waals surface area contributed by atoms with Gasteiger partial charge >= 0.3 is 0 Å². The van der Waals surface area contributed by atoms with Crippen molar-refractivity contribution in [2.45, 2.75) is 0 Å². The third-order valence-corrected chi connectivity index (χ3v) is 3.00. The average molecular weight is 291 g/mol. The Morgan fingerprint density at radius 1 is 1.05 bits per heavy atom. The van der Waals surface area contributed by atoms with Crippen LogP contribution in [0.25, 0.3) is 17.1 Å². The summed E-state index contributed by atoms with van der Waals surface area (Å²) in [5.74, 6) is -1.11. The summed E-state index contributed by atoms with van der Waals surface area (Å²) in [6.45, 7) is 0. The highest BCUT2D eigenvalue weighted by atomic mass is 35.5. The molecule has 2 aromatic carbocycles. The molecule has 1 aromatic heterocycles. The summed E-state index contributed by atoms with van der Waals surface area (Å²) in [6.07, 6.45) is 2.42. The normalized spacial score (nSPS) is 10.8. The number of hydrogen-bond donors (Lipinski definition) is 0. The first kappa shape index (κ1) is 12.7. The summed E-state index contributed by atoms with van der Waals surface area (Å²) in [7, 11) is 0. The highest BCUT2D eigenvalue weighted by molar-refractivity contribution is 6.30. The standard InChI is InChI=1S/C14H7ClF2N3/c15-9-1-4-11(5-2-9)20-14(18-8-19-20)12-6-3-10(16)7-13(12)17/h1-7H. The molecule has 1 radical (unpaired) electrons. The zero-order chi connectivity index (χ0) is 14.1. The lowest BCUT2D eigenvalue weighted by Gasteiger charge is -2.07. The minimum atomic E-state index is -0.707. The van der Waals surface area contributed by atoms with Crippen LogP contribution < -0.4 is 0 Å². The van der Waals surface area contributed by atoms with E-state index in [2.05, 4.69) is 16.4 Å². The first-order valence-electron chi connectivity index (χ1n) is 5.69. The van der Waals surface area contributed by atoms with E-state index in [0.717, 1.165) is 6.07 Å². The number of aromatic nitrogens is 3. The molecule has 0 amide bonds. The highest BCUT2D eigenvalue weighted by Crippen LogP contribution is 2.24. The molecule has 6 heteroatoms. The Hall–Kier alpha value is -2.27. The Morgan fingerprint density at radius 3 is 2.50 bits per heavy atom. The van der Waals surface area contributed by atoms with E-state index >= 15 is 0 Å². The molecule has 0 aliphatic carbocycles. The lowest BCUT2D eigenvalue weighted by atomic mass is 10.2. The monoisotopic (exact) mass is 290 g/mol. The van der Waals surface area contributed by atoms with Gasteiger partial charge in [-0.05, 0) is 36.4 Å². The van der Waals surface area contributed by atoms with Crippen LogP contribution in [0.3, 0.4) is 0 Å². The van der Waals surface area contributed by atoms with Crippen molar-refractivity contribution in [3.63, 3.8) is 0 Å². The van der Waals surface area contributed by atoms with Gasteiger partial charge in [0, 0.05) is 11.1 Å². The third-order valence-electron chi connectivity index (χ3n) is 2.74. The summed E-state index contributed by atoms with van der Waals surface area (Å²) >= 11 is 5.82. The van der Waals surface area contributed by atoms with Gasteiger partial charge in [-0.2, -0.15) is 0 Å². The van der Waals surface area contributed by atoms with E-state index in [9.17, 15) is 8.78 Å². The molecule has 0 atom stereocenters. The van der Waals surface area contributed by atoms with Gasteiger partial charge in [0.15, 0.2) is 5.82 Å². The highest BCUT2D eigenvalue weighted by Gasteiger charge is 2.14. The average Bonchev–Trinajstić information content (AvgIpc) is 2.88. The molecule has 0 bridgehead atoms. The van der Waals surface area contributed by atoms with Crippen molar-refractivity contribution in [2.75, 3.05) is 0 Å². The van der Waals surface area contributed by atoms with Crippen molar-refractivity contribution in [1.82, 2.24) is 14.8 Å². The van der Waals surface area contributed by atoms with E-state index in [1.807, 2.05) is 0 Å². The van der Waals surface area contributed by atoms with Crippen molar-refractivity contribution in [1.29, 1.82) is 0 Å². The fourth-order valence-electron chi connectivity index (χ4n) is 1.82. The molecule has 0 saturated carbocycles. The van der Waals surface area contributed by atoms with Gasteiger partial charge in [0.05, 0.1) is 11.3 Å². The largest absolute Gasteiger partial charge is 0.221 e. The molecule has 0 spiro atoms. The van der Waals surface area contributed by atoms with E-state index in [1.54, 1.807) is 24.3 Å². The molecule has 0 aliphatic heterocycles. The molecule has 0 unspecified atom stereocenters. The van der Waals surface area contributed by atoms with Gasteiger partial charge in [-0.1, -0.05) is 11.6 Å². The Bertz CT molecular complexity index is 753. The fraction of sp³-hybridized carbons (Fsp3) is 0. The van der Waals surface area contributed by atoms with Crippen molar-refractivity contribution in [3.05, 3.63) is 65.4 Å². The molecule has 1 heterocycles. The molecule has 0 fully saturated rings. The summed E-state index contributed by atoms with van der Waals surface area (Å²) < 4.78 is 28.2. The van der Waals surface area contributed by atoms with Crippen LogP contribution in [-0.4, -0.2) is 14.8 Å². The zero-order valence-electron chi connectivity index (χ0n) is 10.0. The van der Waals surface area contributed by atoms with Crippen molar-refractivity contribution < 1.29 is 8.78 Å². The van der Waals surface area contributed by atoms with Gasteiger partial charge in [-0.15, -0.1) is 5.10 Å². The zero-order valence-corrected chi connectivity index (χ0v) is 10.8. The van der Waals surface area contributed by atoms with Crippen LogP contribution >= 0.6 is 11.6 Å². The lowest BCUT2D eigenvalue weighted by molar-refractivity contribution is 0.584. The number of halogens is 3. The predicted molar refractivity (Wildman–Crippen MR) is 70.6 cm³/mol. The minimum Gasteiger partial charge on any atom is -0.212 e. The molecule has 0 N–H and O–H groups in total. The van der Waals surface area contributed by atoms with Gasteiger partial charge in [0.2, 0.25) is 6.33 Å². The SMILES string of the molecule is Fc1ccc(-c2n[c]nn2-c2ccc(Cl)cc2)c(F)c1. The number of benzene rings is 2. The van der Waals surface area contributed by atoms with Crippen LogP contribution in [0.5, 0.6) is 0 Å². The molecular weight excluding hydrogens is 284 g/mol. The summed E-state index contributed by atoms with van der Waals surface area (Å²) in [6, 6.07) is 10.1. The second-order valence-corrected chi connectivity index (χ2v) is 4.48. The Balaban J connectivity index is 2.12. The summed E-state index contributed by atoms with van der Waals surface area (Å²) in [4.78, 5) is 3.91. The van der Waals surface area contributed by atoms with Gasteiger partial charge in [-0.25, -0.2) is 18.4 Å². The van der Waals surface area contributed by atoms with Gasteiger partial charge in [0.1, 0.15) is 11.6 Å². The smallest absolute Gasteiger partial charge is 0.212 e. The maximum Gasteiger partial charge on any atom is 0.221 e. The number of hydrogen-bond acceptors (Lipinski definition) is 2. The molecule has 3 rings (SSSR count). The first-order valence-corrected chi connectivity index (χ1v) is 6.07. The predicted octanol–water partition coefficient (Wildman–Crippen LogP) is 3.67. The van der Waals surface area contributed by atoms with Crippen LogP contribution in [0.4, 0.5) is 8.78 Å². The van der Waals surface area contributed by atoms with Crippen LogP contribution in [0.15, 0.2) is 42.5 Å². The molecule has 20 heavy (non-hydrogen) atoms. The van der Waals surface area contributed by atoms with Crippen molar-refractivity contribution in [3.8, 4) is 17.1 Å². The molecule has 3 aromatic rings. The molecule has 0 aliphatic rings. The van der Waals surface area contributed by atoms with Crippen LogP contribution in [-0.2, 0) is 0 Å². The van der Waals surface area contributed by atoms with Gasteiger partial charge in [-0.3, -0.25) is 0 Å². The maximum absolute atomic E-state index is 13.8. The first-order chi connectivity index (χ1) is 9.65. The van der Waals surface area contributed by atoms with Crippen molar-refractivity contribution in [2.24, 2.45) is 0 Å². The number of rotatable bonds is 2. The Labute approximate surface area is 118 Å². The van der Waals surface area contributed by atoms with E-state index in [-0.39, 0.29) is 11.4 Å². The molecule has 99 valence electrons. The van der Waals surface area contributed by atoms with Crippen molar-refractivity contribution >= 4 is 11.6 Å². The summed E-state index contributed by atoms with van der Waals surface area (Å²) in [5, 5.41) is 4.51. The van der Waals surface area contributed by atoms with E-state index < -0.39 is 11.6 Å². The Kier molecular flexibility index (Phi) is 3.20. The molecule has 0 saturated heterocycles. The second-order valence-electron chi connectivity index (χ2n) is 4.05. The fourth-order valence-corrected chi connectivity index (χ4v) is 1.94. The Morgan fingerprint density at radius 2 is 1.80 bits per heavy atom. The topological polar surface area (TPSA) is 30.7 Å². The number of nitrogens with zero attached hydrogens (tertiary/aromatic N) is 3. The van der Waals surface area contributed by atoms with E-state index in [4.69, 9.17) is 11.6 Å². The third kappa shape index (κ3) is 2.28. The van der Waals surface area contributed by atoms with Crippen LogP contribution in [0.1, 0.15) is 0 Å².